The fraction of sp³-hybridized carbons (Fsp3) is 0.462. The number of aliphatic carboxylic acids is 1. The second-order valence-corrected chi connectivity index (χ2v) is 10.4. The summed E-state index contributed by atoms with van der Waals surface area (Å²) in [4.78, 5) is 27.1. The molecule has 0 aliphatic carbocycles. The first-order valence-corrected chi connectivity index (χ1v) is 12.3. The van der Waals surface area contributed by atoms with E-state index in [0.717, 1.165) is 5.56 Å². The SMILES string of the molecule is CC[C@@H](C[C@H](O)C(F)(F)F)N1C(=O)[C@](C)(CC(=O)O)C[C@H](c2cccc(Cl)c2)[C@H]1c1ccc(Cl)cc1. The lowest BCUT2D eigenvalue weighted by Crippen LogP contribution is -2.57. The lowest BCUT2D eigenvalue weighted by molar-refractivity contribution is -0.211. The highest BCUT2D eigenvalue weighted by Crippen LogP contribution is 2.52. The van der Waals surface area contributed by atoms with Gasteiger partial charge in [0, 0.05) is 28.4 Å². The summed E-state index contributed by atoms with van der Waals surface area (Å²) >= 11 is 12.3. The number of aliphatic hydroxyl groups is 1. The molecule has 1 heterocycles. The molecule has 5 atom stereocenters. The maximum atomic E-state index is 14.0. The number of nitrogens with zero attached hydrogens (tertiary/aromatic N) is 1. The first-order valence-electron chi connectivity index (χ1n) is 11.6. The van der Waals surface area contributed by atoms with Crippen LogP contribution in [0.3, 0.4) is 0 Å². The van der Waals surface area contributed by atoms with Gasteiger partial charge in [0.15, 0.2) is 6.10 Å². The maximum absolute atomic E-state index is 14.0. The van der Waals surface area contributed by atoms with E-state index in [-0.39, 0.29) is 12.8 Å². The number of amides is 1. The van der Waals surface area contributed by atoms with E-state index < -0.39 is 60.4 Å². The van der Waals surface area contributed by atoms with Gasteiger partial charge in [-0.1, -0.05) is 61.3 Å². The van der Waals surface area contributed by atoms with Crippen molar-refractivity contribution in [2.24, 2.45) is 5.41 Å². The summed E-state index contributed by atoms with van der Waals surface area (Å²) < 4.78 is 40.0. The van der Waals surface area contributed by atoms with Crippen LogP contribution in [0.2, 0.25) is 10.0 Å². The minimum atomic E-state index is -4.86. The predicted octanol–water partition coefficient (Wildman–Crippen LogP) is 6.62. The van der Waals surface area contributed by atoms with Crippen molar-refractivity contribution >= 4 is 35.1 Å². The highest BCUT2D eigenvalue weighted by molar-refractivity contribution is 6.30. The van der Waals surface area contributed by atoms with Crippen molar-refractivity contribution in [3.05, 3.63) is 69.7 Å². The summed E-state index contributed by atoms with van der Waals surface area (Å²) in [5.41, 5.74) is -0.0314. The van der Waals surface area contributed by atoms with Crippen molar-refractivity contribution < 1.29 is 33.0 Å². The van der Waals surface area contributed by atoms with E-state index in [1.165, 1.54) is 11.8 Å². The molecule has 0 saturated carbocycles. The van der Waals surface area contributed by atoms with Gasteiger partial charge in [-0.05, 0) is 48.2 Å². The van der Waals surface area contributed by atoms with Crippen LogP contribution in [0.5, 0.6) is 0 Å². The van der Waals surface area contributed by atoms with Crippen molar-refractivity contribution in [3.63, 3.8) is 0 Å². The quantitative estimate of drug-likeness (QED) is 0.390. The van der Waals surface area contributed by atoms with Crippen molar-refractivity contribution in [1.82, 2.24) is 4.90 Å². The molecule has 2 aromatic carbocycles. The average molecular weight is 546 g/mol. The Kier molecular flexibility index (Phi) is 8.63. The molecule has 3 rings (SSSR count). The fourth-order valence-corrected chi connectivity index (χ4v) is 5.47. The smallest absolute Gasteiger partial charge is 0.414 e. The third-order valence-electron chi connectivity index (χ3n) is 6.87. The van der Waals surface area contributed by atoms with Crippen LogP contribution < -0.4 is 0 Å². The van der Waals surface area contributed by atoms with Gasteiger partial charge >= 0.3 is 12.1 Å². The Hall–Kier alpha value is -2.29. The summed E-state index contributed by atoms with van der Waals surface area (Å²) in [6, 6.07) is 11.9. The van der Waals surface area contributed by atoms with Gasteiger partial charge in [-0.2, -0.15) is 13.2 Å². The van der Waals surface area contributed by atoms with Crippen LogP contribution in [-0.2, 0) is 9.59 Å². The molecule has 0 unspecified atom stereocenters. The summed E-state index contributed by atoms with van der Waals surface area (Å²) in [6.07, 6.45) is -8.47. The molecule has 2 aromatic rings. The largest absolute Gasteiger partial charge is 0.481 e. The zero-order valence-corrected chi connectivity index (χ0v) is 21.3. The Morgan fingerprint density at radius 1 is 1.14 bits per heavy atom. The van der Waals surface area contributed by atoms with E-state index in [4.69, 9.17) is 23.2 Å². The van der Waals surface area contributed by atoms with Gasteiger partial charge in [0.1, 0.15) is 0 Å². The molecule has 36 heavy (non-hydrogen) atoms. The highest BCUT2D eigenvalue weighted by Gasteiger charge is 2.53. The summed E-state index contributed by atoms with van der Waals surface area (Å²) in [6.45, 7) is 3.16. The Morgan fingerprint density at radius 3 is 2.31 bits per heavy atom. The minimum absolute atomic E-state index is 0.119. The maximum Gasteiger partial charge on any atom is 0.414 e. The topological polar surface area (TPSA) is 77.8 Å². The normalized spacial score (nSPS) is 24.4. The number of benzene rings is 2. The lowest BCUT2D eigenvalue weighted by atomic mass is 9.67. The highest BCUT2D eigenvalue weighted by atomic mass is 35.5. The predicted molar refractivity (Wildman–Crippen MR) is 131 cm³/mol. The summed E-state index contributed by atoms with van der Waals surface area (Å²) in [5, 5.41) is 20.4. The molecule has 0 aromatic heterocycles. The number of likely N-dealkylation sites (tertiary alicyclic amines) is 1. The van der Waals surface area contributed by atoms with Crippen LogP contribution in [0.25, 0.3) is 0 Å². The summed E-state index contributed by atoms with van der Waals surface area (Å²) in [5.74, 6) is -2.24. The van der Waals surface area contributed by atoms with Crippen LogP contribution in [-0.4, -0.2) is 45.3 Å². The van der Waals surface area contributed by atoms with E-state index in [9.17, 15) is 33.0 Å². The molecule has 0 bridgehead atoms. The van der Waals surface area contributed by atoms with Crippen LogP contribution >= 0.6 is 23.2 Å². The second-order valence-electron chi connectivity index (χ2n) is 9.56. The van der Waals surface area contributed by atoms with Crippen molar-refractivity contribution in [2.75, 3.05) is 0 Å². The van der Waals surface area contributed by atoms with Gasteiger partial charge in [0.25, 0.3) is 0 Å². The molecule has 0 spiro atoms. The number of alkyl halides is 3. The van der Waals surface area contributed by atoms with Crippen LogP contribution in [0.15, 0.2) is 48.5 Å². The summed E-state index contributed by atoms with van der Waals surface area (Å²) in [7, 11) is 0. The molecule has 196 valence electrons. The fourth-order valence-electron chi connectivity index (χ4n) is 5.15. The van der Waals surface area contributed by atoms with E-state index in [1.54, 1.807) is 55.5 Å². The number of halogens is 5. The molecule has 10 heteroatoms. The van der Waals surface area contributed by atoms with Crippen molar-refractivity contribution in [2.45, 2.75) is 69.8 Å². The van der Waals surface area contributed by atoms with Crippen LogP contribution in [0.1, 0.15) is 62.6 Å². The van der Waals surface area contributed by atoms with Gasteiger partial charge in [-0.25, -0.2) is 0 Å². The third-order valence-corrected chi connectivity index (χ3v) is 7.36. The molecule has 1 aliphatic rings. The zero-order chi connectivity index (χ0) is 26.8. The Bertz CT molecular complexity index is 1100. The van der Waals surface area contributed by atoms with E-state index in [1.807, 2.05) is 0 Å². The molecule has 0 radical (unpaired) electrons. The molecular weight excluding hydrogens is 518 g/mol. The number of carboxylic acids is 1. The Morgan fingerprint density at radius 2 is 1.78 bits per heavy atom. The monoisotopic (exact) mass is 545 g/mol. The standard InChI is InChI=1S/C26H28Cl2F3NO4/c1-3-19(12-21(33)26(29,30)31)32-23(15-7-9-17(27)10-8-15)20(16-5-4-6-18(28)11-16)13-25(2,24(32)36)14-22(34)35/h4-11,19-21,23,33H,3,12-14H2,1-2H3,(H,34,35)/t19-,20+,21-,23+,25-/m0/s1. The average Bonchev–Trinajstić information content (AvgIpc) is 2.78. The Balaban J connectivity index is 2.23. The molecule has 2 N–H and O–H groups in total. The lowest BCUT2D eigenvalue weighted by Gasteiger charge is -2.52. The zero-order valence-electron chi connectivity index (χ0n) is 19.8. The van der Waals surface area contributed by atoms with E-state index in [2.05, 4.69) is 0 Å². The molecule has 1 aliphatic heterocycles. The van der Waals surface area contributed by atoms with Crippen LogP contribution in [0, 0.1) is 5.41 Å². The number of hydrogen-bond acceptors (Lipinski definition) is 3. The molecule has 1 fully saturated rings. The first kappa shape index (κ1) is 28.3. The molecule has 1 amide bonds. The minimum Gasteiger partial charge on any atom is -0.481 e. The van der Waals surface area contributed by atoms with Crippen molar-refractivity contribution in [1.29, 1.82) is 0 Å². The van der Waals surface area contributed by atoms with Gasteiger partial charge in [0.2, 0.25) is 5.91 Å². The number of hydrogen-bond donors (Lipinski definition) is 2. The van der Waals surface area contributed by atoms with Gasteiger partial charge in [-0.15, -0.1) is 0 Å². The number of carbonyl (C=O) groups is 2. The first-order chi connectivity index (χ1) is 16.8. The number of carboxylic acid groups (broad SMARTS) is 1. The number of carbonyl (C=O) groups excluding carboxylic acids is 1. The van der Waals surface area contributed by atoms with Crippen molar-refractivity contribution in [3.8, 4) is 0 Å². The van der Waals surface area contributed by atoms with E-state index in [0.29, 0.717) is 15.6 Å². The number of piperidine rings is 1. The van der Waals surface area contributed by atoms with Gasteiger partial charge < -0.3 is 15.1 Å². The molecule has 5 nitrogen and oxygen atoms in total. The second kappa shape index (κ2) is 11.0. The molecular formula is C26H28Cl2F3NO4. The third kappa shape index (κ3) is 6.15. The van der Waals surface area contributed by atoms with Gasteiger partial charge in [-0.3, -0.25) is 9.59 Å². The number of aliphatic hydroxyl groups excluding tert-OH is 1. The molecule has 1 saturated heterocycles. The Labute approximate surface area is 217 Å². The van der Waals surface area contributed by atoms with E-state index >= 15 is 0 Å². The number of rotatable bonds is 8. The van der Waals surface area contributed by atoms with Gasteiger partial charge in [0.05, 0.1) is 17.9 Å². The van der Waals surface area contributed by atoms with Crippen LogP contribution in [0.4, 0.5) is 13.2 Å².